The Labute approximate surface area is 172 Å². The number of aliphatic imine (C=N–C) groups is 1. The van der Waals surface area contributed by atoms with Crippen molar-refractivity contribution in [2.24, 2.45) is 4.99 Å². The van der Waals surface area contributed by atoms with Gasteiger partial charge in [-0.2, -0.15) is 11.8 Å². The Hall–Kier alpha value is -1.17. The van der Waals surface area contributed by atoms with E-state index in [1.807, 2.05) is 16.7 Å². The number of thioether (sulfide) groups is 1. The maximum atomic E-state index is 13.6. The zero-order valence-corrected chi connectivity index (χ0v) is 17.9. The minimum absolute atomic E-state index is 0. The van der Waals surface area contributed by atoms with Crippen LogP contribution in [0, 0.1) is 17.5 Å². The molecule has 1 aromatic rings. The number of benzene rings is 1. The molecule has 1 aliphatic heterocycles. The predicted octanol–water partition coefficient (Wildman–Crippen LogP) is 3.06. The van der Waals surface area contributed by atoms with Crippen molar-refractivity contribution in [1.29, 1.82) is 0 Å². The standard InChI is InChI=1S/C16H21F3N4OS.HI/c1-16(2)9-23(6-7-25-16)15(20-3)21-8-12(24)22-11-5-4-10(17)13(18)14(11)19;/h4-5H,6-9H2,1-3H3,(H,20,21)(H,22,24);1H. The van der Waals surface area contributed by atoms with E-state index in [1.165, 1.54) is 0 Å². The Morgan fingerprint density at radius 2 is 2.00 bits per heavy atom. The molecule has 0 bridgehead atoms. The Morgan fingerprint density at radius 1 is 1.31 bits per heavy atom. The molecular formula is C16H22F3IN4OS. The van der Waals surface area contributed by atoms with Gasteiger partial charge in [0.1, 0.15) is 0 Å². The van der Waals surface area contributed by atoms with Crippen molar-refractivity contribution in [2.45, 2.75) is 18.6 Å². The normalized spacial score (nSPS) is 16.7. The highest BCUT2D eigenvalue weighted by Crippen LogP contribution is 2.29. The van der Waals surface area contributed by atoms with E-state index < -0.39 is 29.0 Å². The van der Waals surface area contributed by atoms with Crippen LogP contribution in [0.4, 0.5) is 18.9 Å². The molecule has 0 unspecified atom stereocenters. The molecule has 26 heavy (non-hydrogen) atoms. The molecule has 1 aliphatic rings. The van der Waals surface area contributed by atoms with Crippen LogP contribution in [0.1, 0.15) is 13.8 Å². The van der Waals surface area contributed by atoms with Gasteiger partial charge in [0, 0.05) is 30.6 Å². The average Bonchev–Trinajstić information content (AvgIpc) is 2.55. The molecule has 0 atom stereocenters. The number of amides is 1. The van der Waals surface area contributed by atoms with Crippen LogP contribution in [0.15, 0.2) is 17.1 Å². The van der Waals surface area contributed by atoms with Crippen molar-refractivity contribution in [3.8, 4) is 0 Å². The molecule has 5 nitrogen and oxygen atoms in total. The first-order valence-electron chi connectivity index (χ1n) is 7.76. The van der Waals surface area contributed by atoms with Crippen LogP contribution in [0.5, 0.6) is 0 Å². The van der Waals surface area contributed by atoms with Crippen LogP contribution in [-0.4, -0.2) is 53.9 Å². The molecule has 0 saturated carbocycles. The Balaban J connectivity index is 0.00000338. The molecule has 2 rings (SSSR count). The van der Waals surface area contributed by atoms with Gasteiger partial charge in [0.25, 0.3) is 0 Å². The van der Waals surface area contributed by atoms with E-state index in [1.54, 1.807) is 7.05 Å². The second kappa shape index (κ2) is 9.67. The fourth-order valence-electron chi connectivity index (χ4n) is 2.51. The lowest BCUT2D eigenvalue weighted by atomic mass is 10.2. The van der Waals surface area contributed by atoms with Gasteiger partial charge in [0.2, 0.25) is 5.91 Å². The number of rotatable bonds is 3. The summed E-state index contributed by atoms with van der Waals surface area (Å²) in [6.07, 6.45) is 0. The average molecular weight is 502 g/mol. The van der Waals surface area contributed by atoms with Crippen LogP contribution in [-0.2, 0) is 4.79 Å². The van der Waals surface area contributed by atoms with Gasteiger partial charge in [0.15, 0.2) is 23.4 Å². The maximum absolute atomic E-state index is 13.6. The third-order valence-corrected chi connectivity index (χ3v) is 4.95. The second-order valence-corrected chi connectivity index (χ2v) is 8.00. The molecule has 0 aromatic heterocycles. The van der Waals surface area contributed by atoms with E-state index in [0.717, 1.165) is 31.0 Å². The SMILES string of the molecule is CN=C(NCC(=O)Nc1ccc(F)c(F)c1F)N1CCSC(C)(C)C1.I. The van der Waals surface area contributed by atoms with Crippen molar-refractivity contribution in [3.63, 3.8) is 0 Å². The number of hydrogen-bond acceptors (Lipinski definition) is 3. The summed E-state index contributed by atoms with van der Waals surface area (Å²) in [6, 6.07) is 1.73. The van der Waals surface area contributed by atoms with Crippen LogP contribution in [0.2, 0.25) is 0 Å². The number of carbonyl (C=O) groups excluding carboxylic acids is 1. The summed E-state index contributed by atoms with van der Waals surface area (Å²) in [6.45, 7) is 5.67. The first kappa shape index (κ1) is 22.9. The van der Waals surface area contributed by atoms with Crippen molar-refractivity contribution >= 4 is 53.3 Å². The predicted molar refractivity (Wildman–Crippen MR) is 110 cm³/mol. The summed E-state index contributed by atoms with van der Waals surface area (Å²) < 4.78 is 39.7. The molecule has 1 heterocycles. The van der Waals surface area contributed by atoms with Gasteiger partial charge in [-0.3, -0.25) is 9.79 Å². The zero-order valence-electron chi connectivity index (χ0n) is 14.7. The smallest absolute Gasteiger partial charge is 0.243 e. The Morgan fingerprint density at radius 3 is 2.62 bits per heavy atom. The highest BCUT2D eigenvalue weighted by molar-refractivity contribution is 14.0. The summed E-state index contributed by atoms with van der Waals surface area (Å²) in [5.41, 5.74) is -0.406. The number of hydrogen-bond donors (Lipinski definition) is 2. The van der Waals surface area contributed by atoms with E-state index >= 15 is 0 Å². The molecule has 1 aromatic carbocycles. The number of halogens is 4. The molecule has 1 amide bonds. The highest BCUT2D eigenvalue weighted by atomic mass is 127. The van der Waals surface area contributed by atoms with Crippen molar-refractivity contribution in [2.75, 3.05) is 37.8 Å². The quantitative estimate of drug-likeness (QED) is 0.289. The maximum Gasteiger partial charge on any atom is 0.243 e. The van der Waals surface area contributed by atoms with E-state index in [4.69, 9.17) is 0 Å². The Bertz CT molecular complexity index is 688. The van der Waals surface area contributed by atoms with E-state index in [2.05, 4.69) is 29.5 Å². The van der Waals surface area contributed by atoms with E-state index in [0.29, 0.717) is 5.96 Å². The first-order chi connectivity index (χ1) is 11.7. The fraction of sp³-hybridized carbons (Fsp3) is 0.500. The largest absolute Gasteiger partial charge is 0.347 e. The molecule has 0 spiro atoms. The Kier molecular flexibility index (Phi) is 8.51. The monoisotopic (exact) mass is 502 g/mol. The summed E-state index contributed by atoms with van der Waals surface area (Å²) in [7, 11) is 1.62. The van der Waals surface area contributed by atoms with Crippen LogP contribution in [0.25, 0.3) is 0 Å². The number of guanidine groups is 1. The fourth-order valence-corrected chi connectivity index (χ4v) is 3.62. The van der Waals surface area contributed by atoms with Gasteiger partial charge in [-0.1, -0.05) is 0 Å². The summed E-state index contributed by atoms with van der Waals surface area (Å²) in [5, 5.41) is 5.12. The molecule has 0 radical (unpaired) electrons. The summed E-state index contributed by atoms with van der Waals surface area (Å²) in [4.78, 5) is 18.2. The number of nitrogens with one attached hydrogen (secondary N) is 2. The summed E-state index contributed by atoms with van der Waals surface area (Å²) >= 11 is 1.87. The van der Waals surface area contributed by atoms with Gasteiger partial charge < -0.3 is 15.5 Å². The van der Waals surface area contributed by atoms with E-state index in [-0.39, 0.29) is 35.3 Å². The molecule has 1 fully saturated rings. The van der Waals surface area contributed by atoms with Crippen LogP contribution in [0.3, 0.4) is 0 Å². The molecule has 1 saturated heterocycles. The molecule has 10 heteroatoms. The molecule has 2 N–H and O–H groups in total. The third-order valence-electron chi connectivity index (χ3n) is 3.65. The van der Waals surface area contributed by atoms with Crippen molar-refractivity contribution in [3.05, 3.63) is 29.6 Å². The van der Waals surface area contributed by atoms with Gasteiger partial charge in [-0.05, 0) is 26.0 Å². The highest BCUT2D eigenvalue weighted by Gasteiger charge is 2.28. The lowest BCUT2D eigenvalue weighted by Gasteiger charge is -2.39. The van der Waals surface area contributed by atoms with Crippen molar-refractivity contribution in [1.82, 2.24) is 10.2 Å². The lowest BCUT2D eigenvalue weighted by Crippen LogP contribution is -2.52. The van der Waals surface area contributed by atoms with Crippen LogP contribution < -0.4 is 10.6 Å². The van der Waals surface area contributed by atoms with Gasteiger partial charge >= 0.3 is 0 Å². The topological polar surface area (TPSA) is 56.7 Å². The van der Waals surface area contributed by atoms with Crippen LogP contribution >= 0.6 is 35.7 Å². The first-order valence-corrected chi connectivity index (χ1v) is 8.75. The van der Waals surface area contributed by atoms with Crippen molar-refractivity contribution < 1.29 is 18.0 Å². The second-order valence-electron chi connectivity index (χ2n) is 6.20. The van der Waals surface area contributed by atoms with Gasteiger partial charge in [0.05, 0.1) is 12.2 Å². The molecular weight excluding hydrogens is 480 g/mol. The van der Waals surface area contributed by atoms with Gasteiger partial charge in [-0.15, -0.1) is 24.0 Å². The number of carbonyl (C=O) groups is 1. The lowest BCUT2D eigenvalue weighted by molar-refractivity contribution is -0.115. The molecule has 0 aliphatic carbocycles. The minimum atomic E-state index is -1.62. The zero-order chi connectivity index (χ0) is 18.6. The minimum Gasteiger partial charge on any atom is -0.347 e. The summed E-state index contributed by atoms with van der Waals surface area (Å²) in [5.74, 6) is -3.42. The molecule has 146 valence electrons. The number of nitrogens with zero attached hydrogens (tertiary/aromatic N) is 2. The number of anilines is 1. The van der Waals surface area contributed by atoms with E-state index in [9.17, 15) is 18.0 Å². The third kappa shape index (κ3) is 5.93. The van der Waals surface area contributed by atoms with Gasteiger partial charge in [-0.25, -0.2) is 13.2 Å².